The average Bonchev–Trinajstić information content (AvgIpc) is 3.23. The second-order valence-electron chi connectivity index (χ2n) is 11.5. The third kappa shape index (κ3) is 5.33. The maximum absolute atomic E-state index is 11.0. The molecule has 0 aliphatic carbocycles. The summed E-state index contributed by atoms with van der Waals surface area (Å²) in [6, 6.07) is 3.94. The zero-order chi connectivity index (χ0) is 26.3. The number of fused-ring (bicyclic) bond motifs is 1. The second-order valence-corrected chi connectivity index (χ2v) is 11.5. The number of allylic oxidation sites excluding steroid dienone is 2. The Morgan fingerprint density at radius 2 is 1.86 bits per heavy atom. The van der Waals surface area contributed by atoms with Crippen LogP contribution >= 0.6 is 0 Å². The summed E-state index contributed by atoms with van der Waals surface area (Å²) in [6.45, 7) is 9.84. The highest BCUT2D eigenvalue weighted by Crippen LogP contribution is 2.38. The molecule has 0 atom stereocenters. The van der Waals surface area contributed by atoms with Gasteiger partial charge in [0, 0.05) is 48.4 Å². The lowest BCUT2D eigenvalue weighted by Gasteiger charge is -2.49. The van der Waals surface area contributed by atoms with Gasteiger partial charge in [0.05, 0.1) is 30.4 Å². The van der Waals surface area contributed by atoms with E-state index in [9.17, 15) is 5.11 Å². The van der Waals surface area contributed by atoms with E-state index in [-0.39, 0.29) is 16.8 Å². The number of phenols is 1. The van der Waals surface area contributed by atoms with E-state index in [2.05, 4.69) is 47.5 Å². The summed E-state index contributed by atoms with van der Waals surface area (Å²) in [5, 5.41) is 14.7. The van der Waals surface area contributed by atoms with Crippen LogP contribution in [-0.2, 0) is 13.0 Å². The number of ether oxygens (including phenoxy) is 1. The maximum atomic E-state index is 11.0. The van der Waals surface area contributed by atoms with Gasteiger partial charge < -0.3 is 36.1 Å². The Labute approximate surface area is 215 Å². The highest BCUT2D eigenvalue weighted by Gasteiger charge is 2.39. The molecule has 0 spiro atoms. The van der Waals surface area contributed by atoms with E-state index in [0.29, 0.717) is 28.9 Å². The third-order valence-corrected chi connectivity index (χ3v) is 7.41. The number of imidazole rings is 1. The number of benzene rings is 1. The van der Waals surface area contributed by atoms with Crippen LogP contribution in [0, 0.1) is 0 Å². The number of hydrogen-bond donors (Lipinski definition) is 4. The highest BCUT2D eigenvalue weighted by molar-refractivity contribution is 5.78. The molecular weight excluding hydrogens is 452 g/mol. The Morgan fingerprint density at radius 3 is 2.53 bits per heavy atom. The number of aromatic nitrogens is 2. The predicted octanol–water partition coefficient (Wildman–Crippen LogP) is 3.94. The largest absolute Gasteiger partial charge is 0.507 e. The van der Waals surface area contributed by atoms with Crippen LogP contribution in [0.4, 0.5) is 0 Å². The summed E-state index contributed by atoms with van der Waals surface area (Å²) in [7, 11) is 3.61. The van der Waals surface area contributed by atoms with Gasteiger partial charge in [-0.1, -0.05) is 0 Å². The van der Waals surface area contributed by atoms with Crippen molar-refractivity contribution >= 4 is 5.70 Å². The molecule has 3 heterocycles. The van der Waals surface area contributed by atoms with Crippen LogP contribution in [0.5, 0.6) is 11.5 Å². The molecule has 6 N–H and O–H groups in total. The molecule has 2 aliphatic heterocycles. The molecule has 4 rings (SSSR count). The van der Waals surface area contributed by atoms with Gasteiger partial charge >= 0.3 is 0 Å². The average molecular weight is 495 g/mol. The topological polar surface area (TPSA) is 115 Å². The second kappa shape index (κ2) is 9.73. The van der Waals surface area contributed by atoms with Gasteiger partial charge in [-0.2, -0.15) is 0 Å². The van der Waals surface area contributed by atoms with E-state index >= 15 is 0 Å². The molecule has 2 aromatic rings. The summed E-state index contributed by atoms with van der Waals surface area (Å²) in [5.74, 6) is 2.28. The zero-order valence-electron chi connectivity index (χ0n) is 22.6. The van der Waals surface area contributed by atoms with E-state index in [0.717, 1.165) is 55.7 Å². The van der Waals surface area contributed by atoms with Gasteiger partial charge in [0.15, 0.2) is 0 Å². The van der Waals surface area contributed by atoms with Crippen molar-refractivity contribution < 1.29 is 9.84 Å². The van der Waals surface area contributed by atoms with Crippen molar-refractivity contribution in [2.24, 2.45) is 11.5 Å². The van der Waals surface area contributed by atoms with E-state index < -0.39 is 0 Å². The number of rotatable bonds is 6. The minimum Gasteiger partial charge on any atom is -0.507 e. The minimum absolute atomic E-state index is 0.0193. The Morgan fingerprint density at radius 1 is 1.17 bits per heavy atom. The number of nitrogens with one attached hydrogen (secondary N) is 1. The lowest BCUT2D eigenvalue weighted by atomic mass is 9.79. The quantitative estimate of drug-likeness (QED) is 0.450. The van der Waals surface area contributed by atoms with Gasteiger partial charge in [0.2, 0.25) is 0 Å². The fourth-order valence-corrected chi connectivity index (χ4v) is 5.98. The minimum atomic E-state index is 0.0193. The summed E-state index contributed by atoms with van der Waals surface area (Å²) >= 11 is 0. The Kier molecular flexibility index (Phi) is 7.01. The first-order valence-electron chi connectivity index (χ1n) is 12.8. The molecule has 0 radical (unpaired) electrons. The first kappa shape index (κ1) is 25.9. The van der Waals surface area contributed by atoms with Crippen molar-refractivity contribution in [1.82, 2.24) is 19.8 Å². The Balaban J connectivity index is 1.59. The molecule has 196 valence electrons. The Hall–Kier alpha value is -3.13. The number of aryl methyl sites for hydroxylation is 1. The van der Waals surface area contributed by atoms with Gasteiger partial charge in [-0.05, 0) is 77.7 Å². The molecule has 1 aromatic carbocycles. The number of piperidine rings is 1. The highest BCUT2D eigenvalue weighted by atomic mass is 16.5. The monoisotopic (exact) mass is 494 g/mol. The normalized spacial score (nSPS) is 20.2. The molecule has 2 aliphatic rings. The van der Waals surface area contributed by atoms with Crippen molar-refractivity contribution in [2.45, 2.75) is 83.5 Å². The lowest BCUT2D eigenvalue weighted by molar-refractivity contribution is 0.0981. The van der Waals surface area contributed by atoms with Crippen LogP contribution in [-0.4, -0.2) is 50.8 Å². The first-order valence-corrected chi connectivity index (χ1v) is 12.8. The third-order valence-electron chi connectivity index (χ3n) is 7.41. The van der Waals surface area contributed by atoms with Gasteiger partial charge in [-0.25, -0.2) is 4.98 Å². The molecule has 36 heavy (non-hydrogen) atoms. The number of nitrogens with zero attached hydrogens (tertiary/aromatic N) is 3. The van der Waals surface area contributed by atoms with Crippen molar-refractivity contribution in [1.29, 1.82) is 0 Å². The molecule has 1 saturated heterocycles. The molecule has 0 amide bonds. The molecule has 8 nitrogen and oxygen atoms in total. The molecule has 8 heteroatoms. The fourth-order valence-electron chi connectivity index (χ4n) is 5.98. The van der Waals surface area contributed by atoms with Crippen LogP contribution < -0.4 is 21.5 Å². The summed E-state index contributed by atoms with van der Waals surface area (Å²) in [4.78, 5) is 6.69. The van der Waals surface area contributed by atoms with Crippen LogP contribution in [0.15, 0.2) is 36.3 Å². The number of phenolic OH excluding ortho intramolecular Hbond substituents is 1. The van der Waals surface area contributed by atoms with E-state index in [4.69, 9.17) is 16.2 Å². The molecule has 1 aromatic heterocycles. The maximum Gasteiger partial charge on any atom is 0.132 e. The number of hydrogen-bond acceptors (Lipinski definition) is 7. The molecule has 0 bridgehead atoms. The van der Waals surface area contributed by atoms with Crippen LogP contribution in [0.2, 0.25) is 0 Å². The SMILES string of the molecule is COc1cc(-c2cnc3n2CCCC3)cc(O)c1/C(N)=C/C=C(\N)N(C)C1CC(C)(C)NC(C)(C)C1. The Bertz CT molecular complexity index is 1160. The van der Waals surface area contributed by atoms with Crippen molar-refractivity contribution in [3.05, 3.63) is 47.7 Å². The van der Waals surface area contributed by atoms with Crippen LogP contribution in [0.3, 0.4) is 0 Å². The number of methoxy groups -OCH3 is 1. The van der Waals surface area contributed by atoms with Gasteiger partial charge in [0.1, 0.15) is 17.3 Å². The lowest BCUT2D eigenvalue weighted by Crippen LogP contribution is -2.61. The van der Waals surface area contributed by atoms with Crippen molar-refractivity contribution in [2.75, 3.05) is 14.2 Å². The molecule has 0 saturated carbocycles. The number of aromatic hydroxyl groups is 1. The van der Waals surface area contributed by atoms with E-state index in [1.807, 2.05) is 19.3 Å². The molecular formula is C28H42N6O2. The number of nitrogens with two attached hydrogens (primary N) is 2. The predicted molar refractivity (Wildman–Crippen MR) is 145 cm³/mol. The van der Waals surface area contributed by atoms with E-state index in [1.165, 1.54) is 0 Å². The zero-order valence-corrected chi connectivity index (χ0v) is 22.6. The van der Waals surface area contributed by atoms with Crippen molar-refractivity contribution in [3.63, 3.8) is 0 Å². The van der Waals surface area contributed by atoms with E-state index in [1.54, 1.807) is 25.3 Å². The van der Waals surface area contributed by atoms with Crippen LogP contribution in [0.25, 0.3) is 17.0 Å². The summed E-state index contributed by atoms with van der Waals surface area (Å²) in [6.07, 6.45) is 10.6. The summed E-state index contributed by atoms with van der Waals surface area (Å²) < 4.78 is 7.87. The summed E-state index contributed by atoms with van der Waals surface area (Å²) in [5.41, 5.74) is 15.6. The standard InChI is InChI=1S/C28H42N6O2/c1-27(2)15-19(16-28(3,4)32-27)33(5)24(30)11-10-20(29)26-22(35)13-18(14-23(26)36-6)21-17-31-25-9-7-8-12-34(21)25/h10-11,13-14,17,19,32,35H,7-9,12,15-16,29-30H2,1-6H3/b20-10-,24-11+. The first-order chi connectivity index (χ1) is 16.9. The van der Waals surface area contributed by atoms with Gasteiger partial charge in [0.25, 0.3) is 0 Å². The molecule has 1 fully saturated rings. The fraction of sp³-hybridized carbons (Fsp3) is 0.536. The van der Waals surface area contributed by atoms with Gasteiger partial charge in [-0.15, -0.1) is 0 Å². The molecule has 0 unspecified atom stereocenters. The van der Waals surface area contributed by atoms with Crippen LogP contribution in [0.1, 0.15) is 64.8 Å². The van der Waals surface area contributed by atoms with Gasteiger partial charge in [-0.3, -0.25) is 0 Å². The van der Waals surface area contributed by atoms with Crippen molar-refractivity contribution in [3.8, 4) is 22.8 Å². The smallest absolute Gasteiger partial charge is 0.132 e.